The highest BCUT2D eigenvalue weighted by Crippen LogP contribution is 2.27. The Morgan fingerprint density at radius 1 is 0.434 bits per heavy atom. The van der Waals surface area contributed by atoms with Gasteiger partial charge in [0.05, 0.1) is 102 Å². The number of nitrogens with zero attached hydrogens (tertiary/aromatic N) is 1. The quantitative estimate of drug-likeness (QED) is 0.0164. The lowest BCUT2D eigenvalue weighted by Gasteiger charge is -2.27. The van der Waals surface area contributed by atoms with Crippen molar-refractivity contribution in [2.75, 3.05) is 116 Å². The lowest BCUT2D eigenvalue weighted by Crippen LogP contribution is -2.59. The van der Waals surface area contributed by atoms with Crippen molar-refractivity contribution in [1.82, 2.24) is 63.4 Å². The van der Waals surface area contributed by atoms with Crippen LogP contribution in [0, 0.1) is 5.92 Å². The van der Waals surface area contributed by atoms with Crippen molar-refractivity contribution >= 4 is 125 Å². The molecular formula is C80H130N14O41S. The highest BCUT2D eigenvalue weighted by Gasteiger charge is 2.42. The molecule has 1 saturated heterocycles. The number of hydrogen-bond acceptors (Lipinski definition) is 40. The Morgan fingerprint density at radius 3 is 1.21 bits per heavy atom. The molecule has 0 radical (unpaired) electrons. The molecule has 0 aromatic heterocycles. The predicted molar refractivity (Wildman–Crippen MR) is 462 cm³/mol. The highest BCUT2D eigenvalue weighted by molar-refractivity contribution is 8.00. The third-order valence-corrected chi connectivity index (χ3v) is 21.5. The molecule has 0 saturated carbocycles. The average molecular weight is 1980 g/mol. The molecule has 14 amide bonds. The molecule has 32 N–H and O–H groups in total. The lowest BCUT2D eigenvalue weighted by atomic mass is 10.0. The van der Waals surface area contributed by atoms with Crippen molar-refractivity contribution in [1.29, 1.82) is 0 Å². The Kier molecular flexibility index (Phi) is 59.0. The molecule has 0 bridgehead atoms. The zero-order valence-corrected chi connectivity index (χ0v) is 75.7. The van der Waals surface area contributed by atoms with Gasteiger partial charge in [0, 0.05) is 95.5 Å². The van der Waals surface area contributed by atoms with E-state index in [0.29, 0.717) is 29.5 Å². The number of benzene rings is 1. The minimum absolute atomic E-state index is 0.00478. The third-order valence-electron chi connectivity index (χ3n) is 20.2. The van der Waals surface area contributed by atoms with Crippen molar-refractivity contribution in [2.45, 2.75) is 238 Å². The molecule has 0 aliphatic carbocycles. The Bertz CT molecular complexity index is 3960. The van der Waals surface area contributed by atoms with E-state index < -0.39 is 356 Å². The molecule has 21 atom stereocenters. The van der Waals surface area contributed by atoms with Gasteiger partial charge in [-0.05, 0) is 62.6 Å². The van der Waals surface area contributed by atoms with E-state index in [1.54, 1.807) is 38.1 Å². The summed E-state index contributed by atoms with van der Waals surface area (Å²) < 4.78 is 26.6. The fourth-order valence-electron chi connectivity index (χ4n) is 12.0. The Labute approximate surface area is 782 Å². The van der Waals surface area contributed by atoms with Gasteiger partial charge in [-0.2, -0.15) is 0 Å². The van der Waals surface area contributed by atoms with Gasteiger partial charge in [0.15, 0.2) is 0 Å². The number of anilines is 1. The Balaban J connectivity index is 2.21. The van der Waals surface area contributed by atoms with Gasteiger partial charge >= 0.3 is 17.9 Å². The predicted octanol–water partition coefficient (Wildman–Crippen LogP) is -14.7. The number of aliphatic hydroxyl groups excluding tert-OH is 15. The van der Waals surface area contributed by atoms with Gasteiger partial charge in [-0.15, -0.1) is 11.8 Å². The summed E-state index contributed by atoms with van der Waals surface area (Å²) in [5.74, 6) is -20.5. The van der Waals surface area contributed by atoms with Crippen molar-refractivity contribution < 1.29 is 202 Å². The number of imide groups is 1. The number of nitrogens with one attached hydrogen (secondary N) is 12. The van der Waals surface area contributed by atoms with Crippen LogP contribution in [0.25, 0.3) is 0 Å². The maximum Gasteiger partial charge on any atom is 0.327 e. The minimum Gasteiger partial charge on any atom is -0.481 e. The number of rotatable bonds is 74. The summed E-state index contributed by atoms with van der Waals surface area (Å²) in [7, 11) is 0. The van der Waals surface area contributed by atoms with Crippen LogP contribution in [0.15, 0.2) is 24.3 Å². The van der Waals surface area contributed by atoms with Gasteiger partial charge in [-0.25, -0.2) is 4.79 Å². The van der Waals surface area contributed by atoms with Crippen LogP contribution in [0.2, 0.25) is 0 Å². The smallest absolute Gasteiger partial charge is 0.327 e. The first-order valence-corrected chi connectivity index (χ1v) is 44.1. The van der Waals surface area contributed by atoms with Crippen LogP contribution in [-0.2, 0) is 117 Å². The maximum atomic E-state index is 14.6. The number of hydrogen-bond donors (Lipinski definition) is 31. The summed E-state index contributed by atoms with van der Waals surface area (Å²) in [5.41, 5.74) is 7.14. The number of thioether (sulfide) groups is 1. The summed E-state index contributed by atoms with van der Waals surface area (Å²) in [5, 5.41) is 204. The molecular weight excluding hydrogens is 1850 g/mol. The zero-order chi connectivity index (χ0) is 102. The van der Waals surface area contributed by atoms with Gasteiger partial charge < -0.3 is 185 Å². The Morgan fingerprint density at radius 2 is 0.809 bits per heavy atom. The van der Waals surface area contributed by atoms with E-state index in [2.05, 4.69) is 63.8 Å². The molecule has 56 heteroatoms. The first kappa shape index (κ1) is 121. The maximum absolute atomic E-state index is 14.6. The standard InChI is InChI=1S/C80H130N14O41S/c1-40(2)65(78(127)86-41(3)72(121)87-43-6-4-42(5-7-43)37-135-39-98)93-61(109)19-22-131-24-26-133-28-29-134-27-25-132-23-20-82-60(108)18-21-94-62(110)30-56(79(94)128)136-38-49(80(129)130)92-77(126)46(10-15-59(107)85-33-52(101)68(117)71(120)55(104)36-97)90-76(125)48(12-17-64(113)114)91-74(123)45(9-14-58(106)84-32-51(100)67(116)70(119)54(103)35-96)89-75(124)47(11-16-63(111)112)88-73(122)44(81)8-13-57(105)83-31-50(99)66(115)69(118)53(102)34-95/h4-7,39-41,44-56,65-71,95-97,99-104,115-120H,8-38,81H2,1-3H3,(H,82,108)(H,83,105)(H,84,106)(H,85,107)(H,86,127)(H,87,121)(H,88,122)(H,89,124)(H,90,125)(H,91,123)(H,92,126)(H,93,109)(H,111,112)(H,113,114)(H,129,130)/t41-,44-,45-,46-,47+,48+,49+,50-,51-,52-,53+,54+,55+,56+,65-,66+,67+,68+,69+,70+,71+/m0/s1. The highest BCUT2D eigenvalue weighted by atomic mass is 32.2. The van der Waals surface area contributed by atoms with E-state index in [-0.39, 0.29) is 78.3 Å². The van der Waals surface area contributed by atoms with Crippen molar-refractivity contribution in [3.63, 3.8) is 0 Å². The van der Waals surface area contributed by atoms with Crippen molar-refractivity contribution in [2.24, 2.45) is 11.7 Å². The third kappa shape index (κ3) is 47.5. The SMILES string of the molecule is CC(C)[C@H](NC(=O)CCOCCOCCOCCOCCNC(=O)CCN1C(=O)C[C@@H](SC[C@@H](NC(=O)[C@H](CCC(=O)NC[C@H](O)[C@@H](O)[C@H](O)[C@H](O)CO)NC(=O)[C@@H](CCC(=O)O)NC(=O)[C@H](CCC(=O)NC[C@H](O)[C@@H](O)[C@H](O)[C@H](O)CO)NC(=O)[C@@H](CCC(=O)O)NC(=O)[C@@H](N)CCC(=O)NC[C@H](O)[C@@H](O)[C@H](O)[C@H](O)CO)C(=O)O)C1=O)C(=O)N[C@@H](C)C(=O)Nc1ccc(COC=O)cc1. The summed E-state index contributed by atoms with van der Waals surface area (Å²) in [6.45, 7) is -0.132. The number of amides is 14. The number of ether oxygens (including phenoxy) is 5. The fraction of sp³-hybridized carbons (Fsp3) is 0.700. The van der Waals surface area contributed by atoms with Crippen LogP contribution in [-0.4, -0.2) is 442 Å². The minimum atomic E-state index is -2.22. The van der Waals surface area contributed by atoms with E-state index in [9.17, 15) is 173 Å². The van der Waals surface area contributed by atoms with Gasteiger partial charge in [0.1, 0.15) is 104 Å². The molecule has 55 nitrogen and oxygen atoms in total. The molecule has 0 spiro atoms. The number of nitrogens with two attached hydrogens (primary N) is 1. The van der Waals surface area contributed by atoms with Crippen LogP contribution < -0.4 is 69.5 Å². The Hall–Kier alpha value is -10.6. The first-order valence-electron chi connectivity index (χ1n) is 43.0. The topological polar surface area (TPSA) is 891 Å². The molecule has 1 aliphatic rings. The fourth-order valence-corrected chi connectivity index (χ4v) is 13.2. The van der Waals surface area contributed by atoms with Crippen molar-refractivity contribution in [3.8, 4) is 0 Å². The molecule has 1 fully saturated rings. The number of likely N-dealkylation sites (tertiary alicyclic amines) is 1. The zero-order valence-electron chi connectivity index (χ0n) is 74.9. The average Bonchev–Trinajstić information content (AvgIpc) is 1.67. The van der Waals surface area contributed by atoms with Gasteiger partial charge in [-0.3, -0.25) is 86.4 Å². The van der Waals surface area contributed by atoms with Crippen LogP contribution in [0.5, 0.6) is 0 Å². The van der Waals surface area contributed by atoms with E-state index in [4.69, 9.17) is 34.5 Å². The van der Waals surface area contributed by atoms with E-state index in [0.717, 1.165) is 4.90 Å². The second kappa shape index (κ2) is 66.0. The second-order valence-corrected chi connectivity index (χ2v) is 32.6. The van der Waals surface area contributed by atoms with Crippen LogP contribution in [0.1, 0.15) is 110 Å². The van der Waals surface area contributed by atoms with Gasteiger partial charge in [0.2, 0.25) is 82.7 Å². The van der Waals surface area contributed by atoms with Crippen LogP contribution in [0.3, 0.4) is 0 Å². The summed E-state index contributed by atoms with van der Waals surface area (Å²) >= 11 is 0.548. The molecule has 1 aliphatic heterocycles. The molecule has 1 aromatic rings. The number of aliphatic carboxylic acids is 3. The molecule has 1 aromatic carbocycles. The first-order chi connectivity index (χ1) is 64.2. The molecule has 2 rings (SSSR count). The number of carboxylic acids is 3. The van der Waals surface area contributed by atoms with E-state index in [1.165, 1.54) is 6.92 Å². The molecule has 772 valence electrons. The summed E-state index contributed by atoms with van der Waals surface area (Å²) in [6, 6.07) is -7.75. The second-order valence-electron chi connectivity index (χ2n) is 31.4. The van der Waals surface area contributed by atoms with E-state index in [1.807, 2.05) is 0 Å². The number of carboxylic acid groups (broad SMARTS) is 3. The molecule has 1 heterocycles. The molecule has 0 unspecified atom stereocenters. The largest absolute Gasteiger partial charge is 0.481 e. The van der Waals surface area contributed by atoms with Gasteiger partial charge in [0.25, 0.3) is 6.47 Å². The number of carbonyl (C=O) groups excluding carboxylic acids is 15. The summed E-state index contributed by atoms with van der Waals surface area (Å²) in [4.78, 5) is 237. The monoisotopic (exact) mass is 1970 g/mol. The van der Waals surface area contributed by atoms with Crippen LogP contribution in [0.4, 0.5) is 5.69 Å². The van der Waals surface area contributed by atoms with Crippen molar-refractivity contribution in [3.05, 3.63) is 29.8 Å². The van der Waals surface area contributed by atoms with Gasteiger partial charge in [-0.1, -0.05) is 26.0 Å². The molecule has 136 heavy (non-hydrogen) atoms. The normalized spacial score (nSPS) is 17.0. The van der Waals surface area contributed by atoms with E-state index >= 15 is 0 Å². The van der Waals surface area contributed by atoms with Crippen LogP contribution >= 0.6 is 11.8 Å². The number of aliphatic hydroxyl groups is 15. The number of carbonyl (C=O) groups is 18. The lowest BCUT2D eigenvalue weighted by molar-refractivity contribution is -0.142. The summed E-state index contributed by atoms with van der Waals surface area (Å²) in [6.07, 6.45) is -34.5.